The van der Waals surface area contributed by atoms with Crippen molar-refractivity contribution < 1.29 is 0 Å². The molecule has 0 atom stereocenters. The van der Waals surface area contributed by atoms with Crippen LogP contribution in [-0.4, -0.2) is 16.1 Å². The fourth-order valence-electron chi connectivity index (χ4n) is 1.57. The zero-order valence-corrected chi connectivity index (χ0v) is 9.54. The molecule has 4 heteroatoms. The molecule has 1 aromatic heterocycles. The number of nitrogens with one attached hydrogen (secondary N) is 1. The van der Waals surface area contributed by atoms with Gasteiger partial charge in [-0.25, -0.2) is 4.98 Å². The minimum atomic E-state index is -0.0125. The standard InChI is InChI=1S/C13H15N3O/c17-13-6-7-15-11-16(13)9-8-14-10-12-4-2-1-3-5-12/h1-7,11,14H,8-10H2. The lowest BCUT2D eigenvalue weighted by atomic mass is 10.2. The summed E-state index contributed by atoms with van der Waals surface area (Å²) in [6.07, 6.45) is 3.07. The molecule has 17 heavy (non-hydrogen) atoms. The second-order valence-corrected chi connectivity index (χ2v) is 3.77. The number of benzene rings is 1. The van der Waals surface area contributed by atoms with Gasteiger partial charge in [-0.1, -0.05) is 30.3 Å². The minimum Gasteiger partial charge on any atom is -0.311 e. The summed E-state index contributed by atoms with van der Waals surface area (Å²) in [6.45, 7) is 2.20. The van der Waals surface area contributed by atoms with Gasteiger partial charge in [0.05, 0.1) is 6.33 Å². The van der Waals surface area contributed by atoms with Gasteiger partial charge in [-0.2, -0.15) is 0 Å². The number of rotatable bonds is 5. The summed E-state index contributed by atoms with van der Waals surface area (Å²) in [6, 6.07) is 11.6. The topological polar surface area (TPSA) is 46.9 Å². The molecule has 0 saturated heterocycles. The lowest BCUT2D eigenvalue weighted by Gasteiger charge is -2.06. The Morgan fingerprint density at radius 2 is 2.00 bits per heavy atom. The van der Waals surface area contributed by atoms with Gasteiger partial charge in [0.25, 0.3) is 5.56 Å². The Morgan fingerprint density at radius 1 is 1.18 bits per heavy atom. The molecule has 0 spiro atoms. The molecule has 0 saturated carbocycles. The van der Waals surface area contributed by atoms with Gasteiger partial charge in [-0.05, 0) is 5.56 Å². The lowest BCUT2D eigenvalue weighted by molar-refractivity contribution is 0.578. The van der Waals surface area contributed by atoms with E-state index >= 15 is 0 Å². The first-order valence-electron chi connectivity index (χ1n) is 5.61. The normalized spacial score (nSPS) is 10.4. The zero-order valence-electron chi connectivity index (χ0n) is 9.54. The SMILES string of the molecule is O=c1ccncn1CCNCc1ccccc1. The highest BCUT2D eigenvalue weighted by atomic mass is 16.1. The molecule has 1 N–H and O–H groups in total. The minimum absolute atomic E-state index is 0.0125. The Morgan fingerprint density at radius 3 is 2.76 bits per heavy atom. The molecule has 1 heterocycles. The molecule has 2 aromatic rings. The fourth-order valence-corrected chi connectivity index (χ4v) is 1.57. The second-order valence-electron chi connectivity index (χ2n) is 3.77. The van der Waals surface area contributed by atoms with Crippen LogP contribution in [0.4, 0.5) is 0 Å². The summed E-state index contributed by atoms with van der Waals surface area (Å²) in [4.78, 5) is 15.3. The molecule has 88 valence electrons. The lowest BCUT2D eigenvalue weighted by Crippen LogP contribution is -2.26. The van der Waals surface area contributed by atoms with Crippen molar-refractivity contribution in [1.29, 1.82) is 0 Å². The third kappa shape index (κ3) is 3.53. The molecule has 0 aliphatic rings. The summed E-state index contributed by atoms with van der Waals surface area (Å²) >= 11 is 0. The van der Waals surface area contributed by atoms with Crippen molar-refractivity contribution >= 4 is 0 Å². The van der Waals surface area contributed by atoms with E-state index in [1.807, 2.05) is 18.2 Å². The van der Waals surface area contributed by atoms with Gasteiger partial charge in [0.2, 0.25) is 0 Å². The van der Waals surface area contributed by atoms with Crippen LogP contribution in [0.25, 0.3) is 0 Å². The molecule has 0 fully saturated rings. The maximum absolute atomic E-state index is 11.4. The van der Waals surface area contributed by atoms with E-state index < -0.39 is 0 Å². The first kappa shape index (κ1) is 11.5. The van der Waals surface area contributed by atoms with Crippen LogP contribution in [0.5, 0.6) is 0 Å². The molecule has 4 nitrogen and oxygen atoms in total. The number of nitrogens with zero attached hydrogens (tertiary/aromatic N) is 2. The van der Waals surface area contributed by atoms with E-state index in [1.54, 1.807) is 10.9 Å². The second kappa shape index (κ2) is 5.96. The summed E-state index contributed by atoms with van der Waals surface area (Å²) < 4.78 is 1.60. The molecule has 0 amide bonds. The number of hydrogen-bond donors (Lipinski definition) is 1. The van der Waals surface area contributed by atoms with Gasteiger partial charge in [0.1, 0.15) is 0 Å². The van der Waals surface area contributed by atoms with Gasteiger partial charge in [0, 0.05) is 31.9 Å². The van der Waals surface area contributed by atoms with E-state index in [4.69, 9.17) is 0 Å². The monoisotopic (exact) mass is 229 g/mol. The Balaban J connectivity index is 1.78. The van der Waals surface area contributed by atoms with Crippen LogP contribution < -0.4 is 10.9 Å². The Labute approximate surface area is 99.9 Å². The maximum atomic E-state index is 11.4. The van der Waals surface area contributed by atoms with E-state index in [2.05, 4.69) is 22.4 Å². The molecule has 1 aromatic carbocycles. The molecule has 0 unspecified atom stereocenters. The van der Waals surface area contributed by atoms with E-state index in [9.17, 15) is 4.79 Å². The van der Waals surface area contributed by atoms with Gasteiger partial charge >= 0.3 is 0 Å². The highest BCUT2D eigenvalue weighted by Gasteiger charge is 1.94. The van der Waals surface area contributed by atoms with Crippen LogP contribution >= 0.6 is 0 Å². The third-order valence-corrected chi connectivity index (χ3v) is 2.49. The quantitative estimate of drug-likeness (QED) is 0.779. The van der Waals surface area contributed by atoms with Crippen molar-refractivity contribution in [2.24, 2.45) is 0 Å². The smallest absolute Gasteiger partial charge is 0.253 e. The Kier molecular flexibility index (Phi) is 4.05. The van der Waals surface area contributed by atoms with Crippen LogP contribution in [-0.2, 0) is 13.1 Å². The number of hydrogen-bond acceptors (Lipinski definition) is 3. The van der Waals surface area contributed by atoms with Crippen LogP contribution in [0.15, 0.2) is 53.7 Å². The van der Waals surface area contributed by atoms with Crippen LogP contribution in [0.1, 0.15) is 5.56 Å². The van der Waals surface area contributed by atoms with E-state index in [1.165, 1.54) is 17.8 Å². The summed E-state index contributed by atoms with van der Waals surface area (Å²) in [5.41, 5.74) is 1.23. The molecular weight excluding hydrogens is 214 g/mol. The molecule has 0 aliphatic carbocycles. The summed E-state index contributed by atoms with van der Waals surface area (Å²) in [5.74, 6) is 0. The molecule has 2 rings (SSSR count). The van der Waals surface area contributed by atoms with Crippen LogP contribution in [0.3, 0.4) is 0 Å². The van der Waals surface area contributed by atoms with Crippen molar-refractivity contribution in [2.45, 2.75) is 13.1 Å². The van der Waals surface area contributed by atoms with Crippen molar-refractivity contribution in [3.8, 4) is 0 Å². The fraction of sp³-hybridized carbons (Fsp3) is 0.231. The van der Waals surface area contributed by atoms with Gasteiger partial charge in [-0.15, -0.1) is 0 Å². The van der Waals surface area contributed by atoms with Crippen molar-refractivity contribution in [1.82, 2.24) is 14.9 Å². The van der Waals surface area contributed by atoms with Crippen molar-refractivity contribution in [3.63, 3.8) is 0 Å². The number of aromatic nitrogens is 2. The van der Waals surface area contributed by atoms with Crippen LogP contribution in [0.2, 0.25) is 0 Å². The Hall–Kier alpha value is -1.94. The molecule has 0 radical (unpaired) electrons. The van der Waals surface area contributed by atoms with Crippen molar-refractivity contribution in [3.05, 3.63) is 64.8 Å². The first-order valence-corrected chi connectivity index (χ1v) is 5.61. The van der Waals surface area contributed by atoms with Crippen molar-refractivity contribution in [2.75, 3.05) is 6.54 Å². The van der Waals surface area contributed by atoms with E-state index in [0.29, 0.717) is 6.54 Å². The third-order valence-electron chi connectivity index (χ3n) is 2.49. The maximum Gasteiger partial charge on any atom is 0.253 e. The highest BCUT2D eigenvalue weighted by Crippen LogP contribution is 1.96. The average molecular weight is 229 g/mol. The van der Waals surface area contributed by atoms with Gasteiger partial charge in [-0.3, -0.25) is 9.36 Å². The van der Waals surface area contributed by atoms with E-state index in [-0.39, 0.29) is 5.56 Å². The summed E-state index contributed by atoms with van der Waals surface area (Å²) in [5, 5.41) is 3.29. The predicted octanol–water partition coefficient (Wildman–Crippen LogP) is 1.03. The predicted molar refractivity (Wildman–Crippen MR) is 66.6 cm³/mol. The largest absolute Gasteiger partial charge is 0.311 e. The van der Waals surface area contributed by atoms with Gasteiger partial charge < -0.3 is 5.32 Å². The molecule has 0 bridgehead atoms. The van der Waals surface area contributed by atoms with Gasteiger partial charge in [0.15, 0.2) is 0 Å². The molecule has 0 aliphatic heterocycles. The summed E-state index contributed by atoms with van der Waals surface area (Å²) in [7, 11) is 0. The van der Waals surface area contributed by atoms with Crippen LogP contribution in [0, 0.1) is 0 Å². The molecular formula is C13H15N3O. The van der Waals surface area contributed by atoms with E-state index in [0.717, 1.165) is 13.1 Å². The highest BCUT2D eigenvalue weighted by molar-refractivity contribution is 5.14. The zero-order chi connectivity index (χ0) is 11.9. The first-order chi connectivity index (χ1) is 8.36. The Bertz CT molecular complexity index is 507. The average Bonchev–Trinajstić information content (AvgIpc) is 2.38.